The van der Waals surface area contributed by atoms with Gasteiger partial charge in [-0.2, -0.15) is 5.26 Å². The summed E-state index contributed by atoms with van der Waals surface area (Å²) in [6.07, 6.45) is 1.65. The number of hydrogen-bond donors (Lipinski definition) is 1. The normalized spacial score (nSPS) is 11.2. The Morgan fingerprint density at radius 2 is 2.00 bits per heavy atom. The van der Waals surface area contributed by atoms with Crippen LogP contribution in [-0.2, 0) is 23.1 Å². The number of ether oxygens (including phenoxy) is 2. The van der Waals surface area contributed by atoms with Gasteiger partial charge < -0.3 is 19.4 Å². The summed E-state index contributed by atoms with van der Waals surface area (Å²) in [5, 5.41) is 13.6. The first-order valence-electron chi connectivity index (χ1n) is 7.62. The van der Waals surface area contributed by atoms with Crippen molar-refractivity contribution in [1.29, 1.82) is 5.26 Å². The van der Waals surface area contributed by atoms with Crippen molar-refractivity contribution < 1.29 is 9.47 Å². The van der Waals surface area contributed by atoms with E-state index in [0.29, 0.717) is 31.9 Å². The zero-order valence-electron chi connectivity index (χ0n) is 13.4. The van der Waals surface area contributed by atoms with Gasteiger partial charge in [-0.3, -0.25) is 0 Å². The maximum Gasteiger partial charge on any atom is 0.169 e. The number of nitriles is 1. The van der Waals surface area contributed by atoms with Crippen LogP contribution in [0.1, 0.15) is 25.0 Å². The van der Waals surface area contributed by atoms with Gasteiger partial charge in [-0.1, -0.05) is 18.2 Å². The van der Waals surface area contributed by atoms with Crippen molar-refractivity contribution in [3.05, 3.63) is 35.5 Å². The summed E-state index contributed by atoms with van der Waals surface area (Å²) in [7, 11) is 1.97. The molecule has 5 heteroatoms. The monoisotopic (exact) mass is 301 g/mol. The third kappa shape index (κ3) is 3.66. The Hall–Kier alpha value is -1.87. The van der Waals surface area contributed by atoms with E-state index in [1.165, 1.54) is 0 Å². The van der Waals surface area contributed by atoms with Crippen LogP contribution in [0, 0.1) is 11.3 Å². The third-order valence-electron chi connectivity index (χ3n) is 3.54. The van der Waals surface area contributed by atoms with Gasteiger partial charge in [0.25, 0.3) is 0 Å². The Balaban J connectivity index is 2.09. The molecule has 118 valence electrons. The smallest absolute Gasteiger partial charge is 0.169 e. The van der Waals surface area contributed by atoms with Crippen LogP contribution in [0.2, 0.25) is 0 Å². The van der Waals surface area contributed by atoms with Gasteiger partial charge in [0.2, 0.25) is 0 Å². The molecule has 1 N–H and O–H groups in total. The highest BCUT2D eigenvalue weighted by molar-refractivity contribution is 5.88. The van der Waals surface area contributed by atoms with Crippen molar-refractivity contribution in [2.75, 3.05) is 19.8 Å². The molecule has 0 aliphatic heterocycles. The Bertz CT molecular complexity index is 652. The highest BCUT2D eigenvalue weighted by Gasteiger charge is 2.11. The SMILES string of the molecule is CCOC(CNCc1cccc2c(C#N)cn(C)c12)OCC. The molecule has 0 bridgehead atoms. The second-order valence-electron chi connectivity index (χ2n) is 5.05. The molecule has 2 rings (SSSR count). The number of nitrogens with one attached hydrogen (secondary N) is 1. The number of aryl methyl sites for hydroxylation is 1. The molecule has 1 aromatic heterocycles. The number of fused-ring (bicyclic) bond motifs is 1. The summed E-state index contributed by atoms with van der Waals surface area (Å²) in [5.74, 6) is 0. The number of rotatable bonds is 8. The van der Waals surface area contributed by atoms with Gasteiger partial charge in [0.15, 0.2) is 6.29 Å². The van der Waals surface area contributed by atoms with Crippen molar-refractivity contribution in [3.63, 3.8) is 0 Å². The summed E-state index contributed by atoms with van der Waals surface area (Å²) in [6, 6.07) is 8.30. The molecule has 1 aromatic carbocycles. The van der Waals surface area contributed by atoms with Crippen LogP contribution in [0.4, 0.5) is 0 Å². The zero-order valence-corrected chi connectivity index (χ0v) is 13.4. The lowest BCUT2D eigenvalue weighted by Gasteiger charge is -2.17. The predicted octanol–water partition coefficient (Wildman–Crippen LogP) is 2.54. The molecule has 0 saturated carbocycles. The third-order valence-corrected chi connectivity index (χ3v) is 3.54. The van der Waals surface area contributed by atoms with Crippen molar-refractivity contribution in [1.82, 2.24) is 9.88 Å². The van der Waals surface area contributed by atoms with E-state index in [4.69, 9.17) is 9.47 Å². The highest BCUT2D eigenvalue weighted by Crippen LogP contribution is 2.23. The first kappa shape index (κ1) is 16.5. The van der Waals surface area contributed by atoms with Gasteiger partial charge in [-0.25, -0.2) is 0 Å². The molecular weight excluding hydrogens is 278 g/mol. The van der Waals surface area contributed by atoms with Crippen LogP contribution in [0.5, 0.6) is 0 Å². The molecule has 0 radical (unpaired) electrons. The van der Waals surface area contributed by atoms with E-state index < -0.39 is 0 Å². The second kappa shape index (κ2) is 7.95. The van der Waals surface area contributed by atoms with Crippen molar-refractivity contribution in [2.24, 2.45) is 7.05 Å². The van der Waals surface area contributed by atoms with Gasteiger partial charge in [0, 0.05) is 44.9 Å². The molecule has 0 spiro atoms. The number of hydrogen-bond acceptors (Lipinski definition) is 4. The van der Waals surface area contributed by atoms with Crippen LogP contribution < -0.4 is 5.32 Å². The lowest BCUT2D eigenvalue weighted by atomic mass is 10.1. The lowest BCUT2D eigenvalue weighted by molar-refractivity contribution is -0.133. The van der Waals surface area contributed by atoms with E-state index in [-0.39, 0.29) is 6.29 Å². The van der Waals surface area contributed by atoms with Crippen LogP contribution in [0.25, 0.3) is 10.9 Å². The predicted molar refractivity (Wildman–Crippen MR) is 86.4 cm³/mol. The van der Waals surface area contributed by atoms with Gasteiger partial charge in [0.05, 0.1) is 11.1 Å². The molecule has 0 atom stereocenters. The topological polar surface area (TPSA) is 59.2 Å². The maximum atomic E-state index is 9.19. The molecule has 0 fully saturated rings. The lowest BCUT2D eigenvalue weighted by Crippen LogP contribution is -2.31. The van der Waals surface area contributed by atoms with Crippen molar-refractivity contribution >= 4 is 10.9 Å². The quantitative estimate of drug-likeness (QED) is 0.761. The summed E-state index contributed by atoms with van der Waals surface area (Å²) in [5.41, 5.74) is 2.96. The van der Waals surface area contributed by atoms with E-state index in [0.717, 1.165) is 16.5 Å². The van der Waals surface area contributed by atoms with E-state index >= 15 is 0 Å². The van der Waals surface area contributed by atoms with Crippen LogP contribution in [0.3, 0.4) is 0 Å². The zero-order chi connectivity index (χ0) is 15.9. The minimum absolute atomic E-state index is 0.225. The number of aromatic nitrogens is 1. The Labute approximate surface area is 131 Å². The maximum absolute atomic E-state index is 9.19. The standard InChI is InChI=1S/C17H23N3O2/c1-4-21-16(22-5-2)11-19-10-13-7-6-8-15-14(9-18)12-20(3)17(13)15/h6-8,12,16,19H,4-5,10-11H2,1-3H3. The fraction of sp³-hybridized carbons (Fsp3) is 0.471. The average molecular weight is 301 g/mol. The molecule has 5 nitrogen and oxygen atoms in total. The summed E-state index contributed by atoms with van der Waals surface area (Å²) in [6.45, 7) is 6.52. The molecule has 0 unspecified atom stereocenters. The molecule has 1 heterocycles. The fourth-order valence-corrected chi connectivity index (χ4v) is 2.65. The largest absolute Gasteiger partial charge is 0.352 e. The van der Waals surface area contributed by atoms with Crippen LogP contribution in [-0.4, -0.2) is 30.6 Å². The minimum atomic E-state index is -0.225. The molecule has 0 aliphatic carbocycles. The summed E-state index contributed by atoms with van der Waals surface area (Å²) >= 11 is 0. The molecule has 0 amide bonds. The van der Waals surface area contributed by atoms with Crippen molar-refractivity contribution in [2.45, 2.75) is 26.7 Å². The Kier molecular flexibility index (Phi) is 5.96. The van der Waals surface area contributed by atoms with Crippen LogP contribution in [0.15, 0.2) is 24.4 Å². The first-order valence-corrected chi connectivity index (χ1v) is 7.62. The van der Waals surface area contributed by atoms with Gasteiger partial charge >= 0.3 is 0 Å². The first-order chi connectivity index (χ1) is 10.7. The molecule has 0 saturated heterocycles. The highest BCUT2D eigenvalue weighted by atomic mass is 16.7. The Morgan fingerprint density at radius 3 is 2.64 bits per heavy atom. The van der Waals surface area contributed by atoms with Gasteiger partial charge in [-0.15, -0.1) is 0 Å². The fourth-order valence-electron chi connectivity index (χ4n) is 2.65. The van der Waals surface area contributed by atoms with Crippen molar-refractivity contribution in [3.8, 4) is 6.07 Å². The van der Waals surface area contributed by atoms with E-state index in [1.54, 1.807) is 0 Å². The molecule has 22 heavy (non-hydrogen) atoms. The summed E-state index contributed by atoms with van der Waals surface area (Å²) in [4.78, 5) is 0. The molecule has 0 aliphatic rings. The van der Waals surface area contributed by atoms with E-state index in [1.807, 2.05) is 43.8 Å². The molecular formula is C17H23N3O2. The average Bonchev–Trinajstić information content (AvgIpc) is 2.85. The van der Waals surface area contributed by atoms with Crippen LogP contribution >= 0.6 is 0 Å². The van der Waals surface area contributed by atoms with E-state index in [2.05, 4.69) is 17.5 Å². The summed E-state index contributed by atoms with van der Waals surface area (Å²) < 4.78 is 13.0. The number of nitrogens with zero attached hydrogens (tertiary/aromatic N) is 2. The molecule has 2 aromatic rings. The number of para-hydroxylation sites is 1. The number of benzene rings is 1. The minimum Gasteiger partial charge on any atom is -0.352 e. The van der Waals surface area contributed by atoms with Gasteiger partial charge in [-0.05, 0) is 19.4 Å². The van der Waals surface area contributed by atoms with Gasteiger partial charge in [0.1, 0.15) is 6.07 Å². The van der Waals surface area contributed by atoms with E-state index in [9.17, 15) is 5.26 Å². The Morgan fingerprint density at radius 1 is 1.27 bits per heavy atom. The second-order valence-corrected chi connectivity index (χ2v) is 5.05.